The number of ether oxygens (including phenoxy) is 2. The maximum absolute atomic E-state index is 16.1. The van der Waals surface area contributed by atoms with Gasteiger partial charge in [0.2, 0.25) is 10.4 Å². The standard InChI is InChI=1S/C24H29FN3O8PS/c1-5-23(31)20(30)24(25,35-21(23)28-12-11-18(26)27-22(28)38)14-33-37(32,36-17-9-7-6-8-10-17)13-16(4)19(29)34-15(2)3/h1,6-12,15-16,20-21,30-31H,13-14H2,2-4H3,(H2,26,27,38)/t16-,20-,21-,23?,24-,37?/m1/s1. The molecule has 1 aromatic carbocycles. The Bertz CT molecular complexity index is 1310. The summed E-state index contributed by atoms with van der Waals surface area (Å²) in [6.07, 6.45) is 1.65. The zero-order chi connectivity index (χ0) is 28.3. The highest BCUT2D eigenvalue weighted by Gasteiger charge is 2.65. The molecule has 11 nitrogen and oxygen atoms in total. The molecular formula is C24H29FN3O8PS. The Hall–Kier alpha value is -2.85. The van der Waals surface area contributed by atoms with E-state index in [1.807, 2.05) is 5.92 Å². The monoisotopic (exact) mass is 569 g/mol. The lowest BCUT2D eigenvalue weighted by Gasteiger charge is -2.28. The summed E-state index contributed by atoms with van der Waals surface area (Å²) in [7, 11) is -4.30. The van der Waals surface area contributed by atoms with E-state index in [0.29, 0.717) is 0 Å². The number of rotatable bonds is 10. The third kappa shape index (κ3) is 6.40. The Morgan fingerprint density at radius 3 is 2.61 bits per heavy atom. The smallest absolute Gasteiger partial charge is 0.380 e. The maximum Gasteiger partial charge on any atom is 0.380 e. The highest BCUT2D eigenvalue weighted by Crippen LogP contribution is 2.53. The van der Waals surface area contributed by atoms with Crippen molar-refractivity contribution < 1.29 is 42.5 Å². The number of aliphatic hydroxyl groups excluding tert-OH is 1. The molecule has 14 heteroatoms. The average molecular weight is 570 g/mol. The van der Waals surface area contributed by atoms with Crippen molar-refractivity contribution in [3.05, 3.63) is 47.4 Å². The van der Waals surface area contributed by atoms with Crippen molar-refractivity contribution >= 4 is 31.6 Å². The van der Waals surface area contributed by atoms with Crippen LogP contribution in [0.4, 0.5) is 10.2 Å². The molecule has 4 N–H and O–H groups in total. The number of alkyl halides is 1. The Labute approximate surface area is 224 Å². The van der Waals surface area contributed by atoms with Crippen LogP contribution in [0, 0.1) is 23.0 Å². The number of aliphatic hydroxyl groups is 2. The minimum absolute atomic E-state index is 0.0491. The molecule has 38 heavy (non-hydrogen) atoms. The molecule has 3 rings (SSSR count). The fourth-order valence-corrected chi connectivity index (χ4v) is 5.77. The van der Waals surface area contributed by atoms with Gasteiger partial charge in [0.05, 0.1) is 18.2 Å². The first kappa shape index (κ1) is 29.7. The number of nitrogen functional groups attached to an aromatic ring is 1. The van der Waals surface area contributed by atoms with E-state index >= 15 is 4.39 Å². The zero-order valence-electron chi connectivity index (χ0n) is 20.9. The molecule has 1 aliphatic rings. The summed E-state index contributed by atoms with van der Waals surface area (Å²) in [6.45, 7) is 3.56. The molecule has 0 radical (unpaired) electrons. The molecule has 1 fully saturated rings. The second-order valence-electron chi connectivity index (χ2n) is 9.03. The Morgan fingerprint density at radius 2 is 2.03 bits per heavy atom. The van der Waals surface area contributed by atoms with E-state index < -0.39 is 62.1 Å². The lowest BCUT2D eigenvalue weighted by atomic mass is 9.94. The van der Waals surface area contributed by atoms with Gasteiger partial charge in [-0.1, -0.05) is 31.0 Å². The van der Waals surface area contributed by atoms with Crippen molar-refractivity contribution in [1.29, 1.82) is 0 Å². The normalized spacial score (nSPS) is 27.3. The van der Waals surface area contributed by atoms with Gasteiger partial charge in [-0.25, -0.2) is 13.9 Å². The van der Waals surface area contributed by atoms with Crippen LogP contribution in [0.15, 0.2) is 42.6 Å². The summed E-state index contributed by atoms with van der Waals surface area (Å²) < 4.78 is 52.1. The molecule has 1 aromatic heterocycles. The number of nitrogens with two attached hydrogens (primary N) is 1. The second-order valence-corrected chi connectivity index (χ2v) is 11.4. The van der Waals surface area contributed by atoms with E-state index in [9.17, 15) is 19.6 Å². The molecule has 1 saturated heterocycles. The SMILES string of the molecule is C#CC1(O)[C@@H](O)[C@@](F)(COP(=O)(C[C@@H](C)C(=O)OC(C)C)Oc2ccccc2)O[C@H]1n1ccc(N)nc1=S. The van der Waals surface area contributed by atoms with Gasteiger partial charge in [-0.15, -0.1) is 6.42 Å². The highest BCUT2D eigenvalue weighted by atomic mass is 32.1. The summed E-state index contributed by atoms with van der Waals surface area (Å²) in [5.74, 6) is -2.71. The van der Waals surface area contributed by atoms with E-state index in [4.69, 9.17) is 42.9 Å². The van der Waals surface area contributed by atoms with Crippen molar-refractivity contribution in [2.75, 3.05) is 18.5 Å². The largest absolute Gasteiger partial charge is 0.463 e. The number of halogens is 1. The number of hydrogen-bond donors (Lipinski definition) is 3. The first-order valence-corrected chi connectivity index (χ1v) is 13.6. The number of nitrogens with zero attached hydrogens (tertiary/aromatic N) is 2. The van der Waals surface area contributed by atoms with Gasteiger partial charge in [0.15, 0.2) is 12.3 Å². The third-order valence-electron chi connectivity index (χ3n) is 5.54. The van der Waals surface area contributed by atoms with Crippen molar-refractivity contribution in [2.24, 2.45) is 5.92 Å². The van der Waals surface area contributed by atoms with Crippen LogP contribution in [0.5, 0.6) is 5.75 Å². The lowest BCUT2D eigenvalue weighted by Crippen LogP contribution is -2.50. The van der Waals surface area contributed by atoms with Crippen LogP contribution < -0.4 is 10.3 Å². The Balaban J connectivity index is 1.89. The number of aromatic nitrogens is 2. The summed E-state index contributed by atoms with van der Waals surface area (Å²) in [4.78, 5) is 16.2. The molecule has 0 bridgehead atoms. The molecule has 2 heterocycles. The maximum atomic E-state index is 16.1. The highest BCUT2D eigenvalue weighted by molar-refractivity contribution is 7.71. The second kappa shape index (κ2) is 11.5. The van der Waals surface area contributed by atoms with Crippen molar-refractivity contribution in [1.82, 2.24) is 9.55 Å². The summed E-state index contributed by atoms with van der Waals surface area (Å²) in [6, 6.07) is 9.19. The van der Waals surface area contributed by atoms with E-state index in [0.717, 1.165) is 4.57 Å². The molecule has 0 amide bonds. The van der Waals surface area contributed by atoms with Crippen LogP contribution in [0.25, 0.3) is 0 Å². The Morgan fingerprint density at radius 1 is 1.37 bits per heavy atom. The molecule has 1 aliphatic heterocycles. The van der Waals surface area contributed by atoms with Gasteiger partial charge in [-0.2, -0.15) is 0 Å². The fraction of sp³-hybridized carbons (Fsp3) is 0.458. The lowest BCUT2D eigenvalue weighted by molar-refractivity contribution is -0.203. The van der Waals surface area contributed by atoms with Gasteiger partial charge >= 0.3 is 13.6 Å². The molecule has 206 valence electrons. The van der Waals surface area contributed by atoms with Crippen LogP contribution in [0.3, 0.4) is 0 Å². The van der Waals surface area contributed by atoms with Crippen LogP contribution in [0.1, 0.15) is 27.0 Å². The predicted molar refractivity (Wildman–Crippen MR) is 137 cm³/mol. The predicted octanol–water partition coefficient (Wildman–Crippen LogP) is 2.99. The summed E-state index contributed by atoms with van der Waals surface area (Å²) >= 11 is 5.11. The molecular weight excluding hydrogens is 540 g/mol. The number of benzene rings is 1. The third-order valence-corrected chi connectivity index (χ3v) is 7.85. The zero-order valence-corrected chi connectivity index (χ0v) is 22.6. The topological polar surface area (TPSA) is 155 Å². The molecule has 0 aliphatic carbocycles. The van der Waals surface area contributed by atoms with Gasteiger partial charge in [-0.05, 0) is 44.3 Å². The van der Waals surface area contributed by atoms with Gasteiger partial charge in [-0.3, -0.25) is 13.9 Å². The van der Waals surface area contributed by atoms with Crippen molar-refractivity contribution in [3.8, 4) is 18.1 Å². The van der Waals surface area contributed by atoms with Crippen molar-refractivity contribution in [2.45, 2.75) is 50.7 Å². The molecule has 6 atom stereocenters. The van der Waals surface area contributed by atoms with Gasteiger partial charge in [0.25, 0.3) is 5.85 Å². The van der Waals surface area contributed by atoms with E-state index in [-0.39, 0.29) is 16.3 Å². The van der Waals surface area contributed by atoms with Gasteiger partial charge < -0.3 is 29.9 Å². The quantitative estimate of drug-likeness (QED) is 0.167. The first-order chi connectivity index (χ1) is 17.7. The molecule has 0 spiro atoms. The van der Waals surface area contributed by atoms with Crippen molar-refractivity contribution in [3.63, 3.8) is 0 Å². The number of carbonyl (C=O) groups is 1. The number of para-hydroxylation sites is 1. The van der Waals surface area contributed by atoms with E-state index in [1.165, 1.54) is 31.3 Å². The van der Waals surface area contributed by atoms with Crippen LogP contribution >= 0.6 is 19.8 Å². The number of terminal acetylenes is 1. The van der Waals surface area contributed by atoms with E-state index in [2.05, 4.69) is 4.98 Å². The van der Waals surface area contributed by atoms with Gasteiger partial charge in [0.1, 0.15) is 18.2 Å². The van der Waals surface area contributed by atoms with Crippen LogP contribution in [0.2, 0.25) is 0 Å². The average Bonchev–Trinajstić information content (AvgIpc) is 3.05. The van der Waals surface area contributed by atoms with Crippen LogP contribution in [-0.4, -0.2) is 62.2 Å². The van der Waals surface area contributed by atoms with Crippen LogP contribution in [-0.2, 0) is 23.4 Å². The first-order valence-electron chi connectivity index (χ1n) is 11.5. The number of anilines is 1. The minimum atomic E-state index is -4.30. The fourth-order valence-electron chi connectivity index (χ4n) is 3.64. The number of esters is 1. The molecule has 2 aromatic rings. The van der Waals surface area contributed by atoms with Gasteiger partial charge in [0, 0.05) is 6.20 Å². The summed E-state index contributed by atoms with van der Waals surface area (Å²) in [5.41, 5.74) is 2.96. The van der Waals surface area contributed by atoms with E-state index in [1.54, 1.807) is 32.0 Å². The summed E-state index contributed by atoms with van der Waals surface area (Å²) in [5, 5.41) is 21.7. The number of hydrogen-bond acceptors (Lipinski definition) is 11. The molecule has 2 unspecified atom stereocenters. The molecule has 0 saturated carbocycles. The number of carbonyl (C=O) groups excluding carboxylic acids is 1. The Kier molecular flexibility index (Phi) is 8.98. The minimum Gasteiger partial charge on any atom is -0.463 e.